The number of ether oxygens (including phenoxy) is 1. The minimum atomic E-state index is -4.04. The Balaban J connectivity index is 1.64. The number of nitrogens with zero attached hydrogens (tertiary/aromatic N) is 1. The summed E-state index contributed by atoms with van der Waals surface area (Å²) in [5.74, 6) is 0.523. The van der Waals surface area contributed by atoms with Gasteiger partial charge in [-0.25, -0.2) is 8.42 Å². The van der Waals surface area contributed by atoms with Crippen molar-refractivity contribution in [1.29, 1.82) is 0 Å². The third kappa shape index (κ3) is 5.82. The average Bonchev–Trinajstić information content (AvgIpc) is 2.85. The summed E-state index contributed by atoms with van der Waals surface area (Å²) >= 11 is 6.09. The molecule has 0 aliphatic heterocycles. The fourth-order valence-electron chi connectivity index (χ4n) is 3.51. The molecule has 0 aromatic heterocycles. The minimum absolute atomic E-state index is 0.0787. The highest BCUT2D eigenvalue weighted by Crippen LogP contribution is 2.31. The first-order valence-corrected chi connectivity index (χ1v) is 12.6. The Morgan fingerprint density at radius 1 is 0.886 bits per heavy atom. The Morgan fingerprint density at radius 2 is 1.51 bits per heavy atom. The molecule has 0 radical (unpaired) electrons. The minimum Gasteiger partial charge on any atom is -0.455 e. The Bertz CT molecular complexity index is 1430. The number of hydrogen-bond acceptors (Lipinski definition) is 4. The number of rotatable bonds is 8. The van der Waals surface area contributed by atoms with Crippen molar-refractivity contribution in [2.75, 3.05) is 16.2 Å². The van der Waals surface area contributed by atoms with Gasteiger partial charge >= 0.3 is 0 Å². The number of anilines is 2. The quantitative estimate of drug-likeness (QED) is 0.305. The molecule has 4 aromatic rings. The molecule has 0 saturated carbocycles. The largest absolute Gasteiger partial charge is 0.455 e. The summed E-state index contributed by atoms with van der Waals surface area (Å²) in [6, 6.07) is 29.0. The second kappa shape index (κ2) is 10.6. The van der Waals surface area contributed by atoms with Crippen molar-refractivity contribution >= 4 is 38.9 Å². The highest BCUT2D eigenvalue weighted by atomic mass is 35.5. The fourth-order valence-corrected chi connectivity index (χ4v) is 5.25. The van der Waals surface area contributed by atoms with Gasteiger partial charge in [-0.15, -0.1) is 0 Å². The number of carbonyl (C=O) groups is 1. The molecule has 8 heteroatoms. The van der Waals surface area contributed by atoms with Crippen LogP contribution in [-0.2, 0) is 14.8 Å². The zero-order valence-corrected chi connectivity index (χ0v) is 20.5. The van der Waals surface area contributed by atoms with Gasteiger partial charge in [0.2, 0.25) is 5.91 Å². The van der Waals surface area contributed by atoms with Crippen LogP contribution >= 0.6 is 11.6 Å². The standard InChI is InChI=1S/C27H23ClN2O4S/c1-20-18-21(28)16-17-25(20)30(35(32,33)23-12-6-3-7-13-23)19-27(31)29-24-14-8-9-15-26(24)34-22-10-4-2-5-11-22/h2-18H,19H2,1H3,(H,29,31). The lowest BCUT2D eigenvalue weighted by Crippen LogP contribution is -2.38. The van der Waals surface area contributed by atoms with Crippen molar-refractivity contribution in [2.45, 2.75) is 11.8 Å². The molecule has 1 N–H and O–H groups in total. The molecule has 6 nitrogen and oxygen atoms in total. The lowest BCUT2D eigenvalue weighted by atomic mass is 10.2. The maximum Gasteiger partial charge on any atom is 0.264 e. The van der Waals surface area contributed by atoms with Gasteiger partial charge in [0.1, 0.15) is 12.3 Å². The molecule has 1 amide bonds. The number of para-hydroxylation sites is 3. The van der Waals surface area contributed by atoms with E-state index in [1.165, 1.54) is 12.1 Å². The van der Waals surface area contributed by atoms with Gasteiger partial charge in [-0.05, 0) is 67.1 Å². The van der Waals surface area contributed by atoms with E-state index in [-0.39, 0.29) is 4.90 Å². The first-order valence-electron chi connectivity index (χ1n) is 10.8. The van der Waals surface area contributed by atoms with Gasteiger partial charge in [0, 0.05) is 5.02 Å². The van der Waals surface area contributed by atoms with E-state index in [9.17, 15) is 13.2 Å². The molecule has 4 aromatic carbocycles. The third-order valence-electron chi connectivity index (χ3n) is 5.18. The van der Waals surface area contributed by atoms with Crippen molar-refractivity contribution in [3.63, 3.8) is 0 Å². The first-order chi connectivity index (χ1) is 16.8. The Labute approximate surface area is 209 Å². The van der Waals surface area contributed by atoms with Gasteiger partial charge in [0.15, 0.2) is 5.75 Å². The molecule has 178 valence electrons. The van der Waals surface area contributed by atoms with E-state index in [2.05, 4.69) is 5.32 Å². The molecular formula is C27H23ClN2O4S. The van der Waals surface area contributed by atoms with Gasteiger partial charge in [-0.2, -0.15) is 0 Å². The van der Waals surface area contributed by atoms with E-state index < -0.39 is 22.5 Å². The van der Waals surface area contributed by atoms with Gasteiger partial charge < -0.3 is 10.1 Å². The summed E-state index contributed by atoms with van der Waals surface area (Å²) < 4.78 is 34.1. The smallest absolute Gasteiger partial charge is 0.264 e. The van der Waals surface area contributed by atoms with Crippen molar-refractivity contribution < 1.29 is 17.9 Å². The van der Waals surface area contributed by atoms with Crippen LogP contribution in [0.3, 0.4) is 0 Å². The van der Waals surface area contributed by atoms with E-state index in [1.54, 1.807) is 79.7 Å². The highest BCUT2D eigenvalue weighted by Gasteiger charge is 2.28. The van der Waals surface area contributed by atoms with Crippen molar-refractivity contribution in [2.24, 2.45) is 0 Å². The molecule has 0 saturated heterocycles. The molecule has 0 heterocycles. The molecule has 4 rings (SSSR count). The zero-order valence-electron chi connectivity index (χ0n) is 18.9. The van der Waals surface area contributed by atoms with Crippen LogP contribution in [0.25, 0.3) is 0 Å². The fraction of sp³-hybridized carbons (Fsp3) is 0.0741. The van der Waals surface area contributed by atoms with Crippen LogP contribution in [0.5, 0.6) is 11.5 Å². The Kier molecular flexibility index (Phi) is 7.39. The summed E-state index contributed by atoms with van der Waals surface area (Å²) in [7, 11) is -4.04. The second-order valence-corrected chi connectivity index (χ2v) is 10.0. The predicted molar refractivity (Wildman–Crippen MR) is 139 cm³/mol. The number of carbonyl (C=O) groups excluding carboxylic acids is 1. The molecule has 0 atom stereocenters. The van der Waals surface area contributed by atoms with Crippen molar-refractivity contribution in [1.82, 2.24) is 0 Å². The number of benzene rings is 4. The lowest BCUT2D eigenvalue weighted by Gasteiger charge is -2.26. The molecule has 0 aliphatic rings. The summed E-state index contributed by atoms with van der Waals surface area (Å²) in [6.07, 6.45) is 0. The van der Waals surface area contributed by atoms with Crippen LogP contribution < -0.4 is 14.4 Å². The predicted octanol–water partition coefficient (Wildman–Crippen LogP) is 6.27. The molecule has 0 bridgehead atoms. The van der Waals surface area contributed by atoms with Crippen molar-refractivity contribution in [3.05, 3.63) is 114 Å². The van der Waals surface area contributed by atoms with E-state index >= 15 is 0 Å². The second-order valence-electron chi connectivity index (χ2n) is 7.71. The molecule has 0 fully saturated rings. The number of sulfonamides is 1. The first kappa shape index (κ1) is 24.3. The van der Waals surface area contributed by atoms with Crippen LogP contribution in [-0.4, -0.2) is 20.9 Å². The number of hydrogen-bond donors (Lipinski definition) is 1. The summed E-state index contributed by atoms with van der Waals surface area (Å²) in [4.78, 5) is 13.2. The molecule has 0 unspecified atom stereocenters. The number of aryl methyl sites for hydroxylation is 1. The van der Waals surface area contributed by atoms with E-state index in [4.69, 9.17) is 16.3 Å². The molecule has 0 aliphatic carbocycles. The summed E-state index contributed by atoms with van der Waals surface area (Å²) in [6.45, 7) is 1.30. The highest BCUT2D eigenvalue weighted by molar-refractivity contribution is 7.92. The SMILES string of the molecule is Cc1cc(Cl)ccc1N(CC(=O)Nc1ccccc1Oc1ccccc1)S(=O)(=O)c1ccccc1. The normalized spacial score (nSPS) is 11.0. The maximum absolute atomic E-state index is 13.6. The van der Waals surface area contributed by atoms with Crippen LogP contribution in [0.4, 0.5) is 11.4 Å². The Hall–Kier alpha value is -3.81. The van der Waals surface area contributed by atoms with Gasteiger partial charge in [0.25, 0.3) is 10.0 Å². The van der Waals surface area contributed by atoms with Crippen LogP contribution in [0.2, 0.25) is 5.02 Å². The summed E-state index contributed by atoms with van der Waals surface area (Å²) in [5.41, 5.74) is 1.41. The van der Waals surface area contributed by atoms with E-state index in [0.717, 1.165) is 4.31 Å². The van der Waals surface area contributed by atoms with E-state index in [0.29, 0.717) is 33.5 Å². The maximum atomic E-state index is 13.6. The molecule has 0 spiro atoms. The average molecular weight is 507 g/mol. The zero-order chi connectivity index (χ0) is 24.8. The summed E-state index contributed by atoms with van der Waals surface area (Å²) in [5, 5.41) is 3.26. The lowest BCUT2D eigenvalue weighted by molar-refractivity contribution is -0.114. The van der Waals surface area contributed by atoms with Crippen molar-refractivity contribution in [3.8, 4) is 11.5 Å². The Morgan fingerprint density at radius 3 is 2.20 bits per heavy atom. The topological polar surface area (TPSA) is 75.7 Å². The molecular weight excluding hydrogens is 484 g/mol. The molecule has 35 heavy (non-hydrogen) atoms. The number of halogens is 1. The van der Waals surface area contributed by atoms with Crippen LogP contribution in [0, 0.1) is 6.92 Å². The third-order valence-corrected chi connectivity index (χ3v) is 7.19. The number of nitrogens with one attached hydrogen (secondary N) is 1. The van der Waals surface area contributed by atoms with Gasteiger partial charge in [-0.3, -0.25) is 9.10 Å². The van der Waals surface area contributed by atoms with Crippen LogP contribution in [0.1, 0.15) is 5.56 Å². The van der Waals surface area contributed by atoms with Crippen LogP contribution in [0.15, 0.2) is 108 Å². The van der Waals surface area contributed by atoms with E-state index in [1.807, 2.05) is 18.2 Å². The van der Waals surface area contributed by atoms with Gasteiger partial charge in [0.05, 0.1) is 16.3 Å². The monoisotopic (exact) mass is 506 g/mol. The number of amides is 1. The van der Waals surface area contributed by atoms with Gasteiger partial charge in [-0.1, -0.05) is 60.1 Å².